The molecule has 0 spiro atoms. The van der Waals surface area contributed by atoms with Crippen LogP contribution in [0, 0.1) is 0 Å². The second-order valence-corrected chi connectivity index (χ2v) is 5.54. The second kappa shape index (κ2) is 7.90. The number of carbonyl (C=O) groups is 2. The molecule has 0 aliphatic rings. The van der Waals surface area contributed by atoms with E-state index >= 15 is 0 Å². The summed E-state index contributed by atoms with van der Waals surface area (Å²) in [6.45, 7) is 5.30. The number of rotatable bonds is 5. The molecule has 0 saturated carbocycles. The van der Waals surface area contributed by atoms with Gasteiger partial charge in [-0.15, -0.1) is 0 Å². The highest BCUT2D eigenvalue weighted by atomic mass is 16.6. The molecular weight excluding hydrogens is 282 g/mol. The lowest BCUT2D eigenvalue weighted by Crippen LogP contribution is -2.34. The zero-order chi connectivity index (χ0) is 16.6. The van der Waals surface area contributed by atoms with E-state index in [1.807, 2.05) is 30.3 Å². The number of ketones is 1. The van der Waals surface area contributed by atoms with Crippen LogP contribution in [0.1, 0.15) is 32.4 Å². The Balaban J connectivity index is 2.90. The molecule has 22 heavy (non-hydrogen) atoms. The molecule has 1 atom stereocenters. The van der Waals surface area contributed by atoms with Crippen LogP contribution in [0.25, 0.3) is 5.53 Å². The second-order valence-electron chi connectivity index (χ2n) is 5.54. The fraction of sp³-hybridized carbons (Fsp3) is 0.312. The average molecular weight is 301 g/mol. The van der Waals surface area contributed by atoms with Gasteiger partial charge in [-0.25, -0.2) is 4.79 Å². The molecule has 6 heteroatoms. The van der Waals surface area contributed by atoms with Crippen molar-refractivity contribution in [2.24, 2.45) is 0 Å². The number of ether oxygens (including phenoxy) is 1. The molecule has 1 rings (SSSR count). The van der Waals surface area contributed by atoms with Crippen molar-refractivity contribution in [1.82, 2.24) is 5.32 Å². The zero-order valence-electron chi connectivity index (χ0n) is 12.8. The van der Waals surface area contributed by atoms with Crippen LogP contribution in [0.5, 0.6) is 0 Å². The van der Waals surface area contributed by atoms with Crippen molar-refractivity contribution >= 4 is 18.1 Å². The van der Waals surface area contributed by atoms with Gasteiger partial charge < -0.3 is 15.6 Å². The lowest BCUT2D eigenvalue weighted by molar-refractivity contribution is -0.111. The minimum atomic E-state index is -0.617. The highest BCUT2D eigenvalue weighted by molar-refractivity contribution is 6.30. The van der Waals surface area contributed by atoms with Gasteiger partial charge in [0.2, 0.25) is 0 Å². The molecule has 1 N–H and O–H groups in total. The highest BCUT2D eigenvalue weighted by Crippen LogP contribution is 2.15. The predicted molar refractivity (Wildman–Crippen MR) is 82.4 cm³/mol. The summed E-state index contributed by atoms with van der Waals surface area (Å²) in [5.74, 6) is -0.491. The van der Waals surface area contributed by atoms with Gasteiger partial charge in [-0.05, 0) is 32.4 Å². The third-order valence-electron chi connectivity index (χ3n) is 2.47. The van der Waals surface area contributed by atoms with E-state index in [9.17, 15) is 9.59 Å². The molecule has 0 saturated heterocycles. The van der Waals surface area contributed by atoms with E-state index in [1.54, 1.807) is 20.8 Å². The van der Waals surface area contributed by atoms with Crippen molar-refractivity contribution < 1.29 is 19.1 Å². The van der Waals surface area contributed by atoms with Crippen LogP contribution >= 0.6 is 0 Å². The number of carbonyl (C=O) groups excluding carboxylic acids is 2. The molecule has 1 aromatic carbocycles. The molecule has 1 unspecified atom stereocenters. The molecule has 1 aromatic rings. The van der Waals surface area contributed by atoms with E-state index in [-0.39, 0.29) is 0 Å². The van der Waals surface area contributed by atoms with Crippen LogP contribution in [-0.4, -0.2) is 28.5 Å². The minimum Gasteiger partial charge on any atom is -0.444 e. The third-order valence-corrected chi connectivity index (χ3v) is 2.47. The van der Waals surface area contributed by atoms with Gasteiger partial charge in [0.15, 0.2) is 0 Å². The quantitative estimate of drug-likeness (QED) is 0.392. The Kier molecular flexibility index (Phi) is 6.23. The van der Waals surface area contributed by atoms with Crippen LogP contribution < -0.4 is 5.32 Å². The summed E-state index contributed by atoms with van der Waals surface area (Å²) in [5, 5.41) is 2.68. The summed E-state index contributed by atoms with van der Waals surface area (Å²) in [7, 11) is 0. The standard InChI is InChI=1S/C16H19N3O3/c1-16(2,3)22-15(21)19-14(10-9-13(20)11-18-17)12-7-5-4-6-8-12/h4-11,14H,1-3H3,(H,19,21)/b10-9-. The summed E-state index contributed by atoms with van der Waals surface area (Å²) in [4.78, 5) is 25.9. The Hall–Kier alpha value is -2.72. The Labute approximate surface area is 129 Å². The molecule has 0 bridgehead atoms. The number of benzene rings is 1. The third kappa shape index (κ3) is 6.63. The SMILES string of the molecule is CC(C)(C)OC(=O)NC(/C=C\C(=O)C=[N+]=[N-])c1ccccc1. The first-order valence-corrected chi connectivity index (χ1v) is 6.76. The normalized spacial score (nSPS) is 12.3. The number of amides is 1. The molecule has 1 amide bonds. The molecule has 6 nitrogen and oxygen atoms in total. The first-order valence-electron chi connectivity index (χ1n) is 6.76. The maximum absolute atomic E-state index is 11.9. The van der Waals surface area contributed by atoms with Crippen LogP contribution in [0.3, 0.4) is 0 Å². The van der Waals surface area contributed by atoms with E-state index in [1.165, 1.54) is 12.2 Å². The fourth-order valence-corrected chi connectivity index (χ4v) is 1.63. The van der Waals surface area contributed by atoms with Gasteiger partial charge in [0, 0.05) is 0 Å². The van der Waals surface area contributed by atoms with Crippen molar-refractivity contribution in [1.29, 1.82) is 0 Å². The average Bonchev–Trinajstić information content (AvgIpc) is 2.42. The highest BCUT2D eigenvalue weighted by Gasteiger charge is 2.19. The Bertz CT molecular complexity index is 597. The first kappa shape index (κ1) is 17.3. The lowest BCUT2D eigenvalue weighted by Gasteiger charge is -2.22. The molecule has 0 heterocycles. The van der Waals surface area contributed by atoms with E-state index in [0.29, 0.717) is 0 Å². The topological polar surface area (TPSA) is 91.8 Å². The van der Waals surface area contributed by atoms with Gasteiger partial charge in [0.05, 0.1) is 6.04 Å². The Morgan fingerprint density at radius 1 is 1.27 bits per heavy atom. The van der Waals surface area contributed by atoms with Gasteiger partial charge in [0.1, 0.15) is 5.60 Å². The Morgan fingerprint density at radius 2 is 1.91 bits per heavy atom. The molecule has 0 fully saturated rings. The number of hydrogen-bond donors (Lipinski definition) is 1. The lowest BCUT2D eigenvalue weighted by atomic mass is 10.1. The largest absolute Gasteiger partial charge is 0.444 e. The Morgan fingerprint density at radius 3 is 2.45 bits per heavy atom. The van der Waals surface area contributed by atoms with Gasteiger partial charge in [0.25, 0.3) is 5.78 Å². The predicted octanol–water partition coefficient (Wildman–Crippen LogP) is 2.68. The van der Waals surface area contributed by atoms with Gasteiger partial charge in [-0.1, -0.05) is 36.4 Å². The molecule has 0 aliphatic carbocycles. The molecule has 0 aliphatic heterocycles. The summed E-state index contributed by atoms with van der Waals surface area (Å²) in [6, 6.07) is 8.59. The maximum atomic E-state index is 11.9. The minimum absolute atomic E-state index is 0.491. The van der Waals surface area contributed by atoms with Crippen LogP contribution in [0.2, 0.25) is 0 Å². The molecule has 116 valence electrons. The van der Waals surface area contributed by atoms with E-state index in [2.05, 4.69) is 10.1 Å². The smallest absolute Gasteiger partial charge is 0.408 e. The van der Waals surface area contributed by atoms with Gasteiger partial charge in [-0.3, -0.25) is 4.79 Å². The number of nitrogens with zero attached hydrogens (tertiary/aromatic N) is 2. The van der Waals surface area contributed by atoms with Gasteiger partial charge in [-0.2, -0.15) is 4.79 Å². The zero-order valence-corrected chi connectivity index (χ0v) is 12.8. The maximum Gasteiger partial charge on any atom is 0.408 e. The van der Waals surface area contributed by atoms with Crippen LogP contribution in [0.15, 0.2) is 42.5 Å². The van der Waals surface area contributed by atoms with E-state index in [4.69, 9.17) is 10.3 Å². The number of nitrogens with one attached hydrogen (secondary N) is 1. The monoisotopic (exact) mass is 301 g/mol. The molecular formula is C16H19N3O3. The summed E-state index contributed by atoms with van der Waals surface area (Å²) >= 11 is 0. The van der Waals surface area contributed by atoms with Crippen LogP contribution in [-0.2, 0) is 9.53 Å². The number of hydrogen-bond acceptors (Lipinski definition) is 3. The molecule has 0 radical (unpaired) electrons. The van der Waals surface area contributed by atoms with Crippen molar-refractivity contribution in [3.63, 3.8) is 0 Å². The number of allylic oxidation sites excluding steroid dienone is 1. The summed E-state index contributed by atoms with van der Waals surface area (Å²) in [5.41, 5.74) is 8.49. The van der Waals surface area contributed by atoms with Crippen molar-refractivity contribution in [2.75, 3.05) is 0 Å². The van der Waals surface area contributed by atoms with Gasteiger partial charge >= 0.3 is 12.3 Å². The van der Waals surface area contributed by atoms with Crippen molar-refractivity contribution in [3.8, 4) is 0 Å². The van der Waals surface area contributed by atoms with E-state index < -0.39 is 23.5 Å². The summed E-state index contributed by atoms with van der Waals surface area (Å²) < 4.78 is 5.21. The summed E-state index contributed by atoms with van der Waals surface area (Å²) in [6.07, 6.45) is 2.90. The van der Waals surface area contributed by atoms with Crippen molar-refractivity contribution in [3.05, 3.63) is 53.6 Å². The number of alkyl carbamates (subject to hydrolysis) is 1. The van der Waals surface area contributed by atoms with Crippen molar-refractivity contribution in [2.45, 2.75) is 32.4 Å². The van der Waals surface area contributed by atoms with E-state index in [0.717, 1.165) is 11.8 Å². The molecule has 0 aromatic heterocycles. The first-order chi connectivity index (χ1) is 10.3. The van der Waals surface area contributed by atoms with Crippen LogP contribution in [0.4, 0.5) is 4.79 Å². The fourth-order valence-electron chi connectivity index (χ4n) is 1.63.